The van der Waals surface area contributed by atoms with Crippen LogP contribution in [0.2, 0.25) is 0 Å². The van der Waals surface area contributed by atoms with E-state index in [2.05, 4.69) is 14.8 Å². The lowest BCUT2D eigenvalue weighted by molar-refractivity contribution is 0.00380. The zero-order valence-corrected chi connectivity index (χ0v) is 16.4. The molecule has 0 atom stereocenters. The highest BCUT2D eigenvalue weighted by molar-refractivity contribution is 8.32. The molecule has 27 heavy (non-hydrogen) atoms. The first-order valence-corrected chi connectivity index (χ1v) is 11.9. The largest absolute Gasteiger partial charge is 0.508 e. The molecule has 136 valence electrons. The van der Waals surface area contributed by atoms with Gasteiger partial charge in [-0.25, -0.2) is 26.8 Å². The summed E-state index contributed by atoms with van der Waals surface area (Å²) in [7, 11) is -9.34. The maximum Gasteiger partial charge on any atom is 0.508 e. The van der Waals surface area contributed by atoms with E-state index in [-0.39, 0.29) is 0 Å². The molecule has 0 amide bonds. The van der Waals surface area contributed by atoms with Gasteiger partial charge in [0.05, 0.1) is 20.4 Å². The van der Waals surface area contributed by atoms with Crippen LogP contribution in [-0.2, 0) is 19.7 Å². The second-order valence-electron chi connectivity index (χ2n) is 5.27. The highest BCUT2D eigenvalue weighted by Gasteiger charge is 2.47. The molecule has 0 spiro atoms. The van der Waals surface area contributed by atoms with Gasteiger partial charge in [0.15, 0.2) is 0 Å². The molecule has 0 radical (unpaired) electrons. The van der Waals surface area contributed by atoms with Crippen molar-refractivity contribution >= 4 is 67.2 Å². The Balaban J connectivity index is 1.88. The van der Waals surface area contributed by atoms with Crippen molar-refractivity contribution in [3.8, 4) is 0 Å². The maximum atomic E-state index is 12.8. The third-order valence-corrected chi connectivity index (χ3v) is 10.5. The van der Waals surface area contributed by atoms with Gasteiger partial charge in [-0.2, -0.15) is 0 Å². The lowest BCUT2D eigenvalue weighted by Gasteiger charge is -1.96. The lowest BCUT2D eigenvalue weighted by Crippen LogP contribution is -2.26. The van der Waals surface area contributed by atoms with Crippen LogP contribution in [0.4, 0.5) is 0 Å². The molecule has 12 heteroatoms. The van der Waals surface area contributed by atoms with Gasteiger partial charge in [0.1, 0.15) is 0 Å². The molecule has 4 aromatic rings. The van der Waals surface area contributed by atoms with Crippen LogP contribution in [0.1, 0.15) is 0 Å². The van der Waals surface area contributed by atoms with Gasteiger partial charge in [0, 0.05) is 0 Å². The Morgan fingerprint density at radius 2 is 1.19 bits per heavy atom. The zero-order chi connectivity index (χ0) is 19.2. The molecule has 0 saturated heterocycles. The van der Waals surface area contributed by atoms with Gasteiger partial charge in [-0.05, 0) is 24.3 Å². The van der Waals surface area contributed by atoms with Crippen LogP contribution in [-0.4, -0.2) is 36.0 Å². The first-order valence-electron chi connectivity index (χ1n) is 7.27. The zero-order valence-electron chi connectivity index (χ0n) is 13.2. The Labute approximate surface area is 161 Å². The Bertz CT molecular complexity index is 1290. The van der Waals surface area contributed by atoms with E-state index in [1.54, 1.807) is 48.5 Å². The normalized spacial score (nSPS) is 12.3. The van der Waals surface area contributed by atoms with Crippen molar-refractivity contribution in [3.63, 3.8) is 0 Å². The average molecular weight is 437 g/mol. The molecule has 0 aliphatic rings. The molecule has 2 aromatic heterocycles. The van der Waals surface area contributed by atoms with Crippen molar-refractivity contribution in [1.82, 2.24) is 9.97 Å². The van der Waals surface area contributed by atoms with E-state index in [4.69, 9.17) is 0 Å². The van der Waals surface area contributed by atoms with Gasteiger partial charge in [0.25, 0.3) is 0 Å². The van der Waals surface area contributed by atoms with Crippen molar-refractivity contribution in [3.05, 3.63) is 54.1 Å². The van der Waals surface area contributed by atoms with E-state index >= 15 is 0 Å². The quantitative estimate of drug-likeness (QED) is 0.205. The monoisotopic (exact) mass is 436 g/mol. The summed E-state index contributed by atoms with van der Waals surface area (Å²) >= 11 is 1.58. The minimum Gasteiger partial charge on any atom is -0.359 e. The summed E-state index contributed by atoms with van der Waals surface area (Å²) < 4.78 is 50.1. The van der Waals surface area contributed by atoms with Crippen LogP contribution in [0.5, 0.6) is 0 Å². The highest BCUT2D eigenvalue weighted by atomic mass is 32.3. The first-order chi connectivity index (χ1) is 12.8. The Hall–Kier alpha value is -2.50. The third-order valence-electron chi connectivity index (χ3n) is 3.55. The van der Waals surface area contributed by atoms with Crippen molar-refractivity contribution in [2.24, 2.45) is 0 Å². The van der Waals surface area contributed by atoms with Gasteiger partial charge in [-0.15, -0.1) is 27.5 Å². The number of fused-ring (bicyclic) bond motifs is 2. The van der Waals surface area contributed by atoms with E-state index in [0.717, 1.165) is 22.7 Å². The molecule has 4 rings (SSSR count). The Kier molecular flexibility index (Phi) is 4.17. The summed E-state index contributed by atoms with van der Waals surface area (Å²) in [5.41, 5.74) is 10.1. The van der Waals surface area contributed by atoms with Crippen LogP contribution in [0.25, 0.3) is 26.0 Å². The van der Waals surface area contributed by atoms with Crippen LogP contribution in [0, 0.1) is 0 Å². The van der Waals surface area contributed by atoms with Gasteiger partial charge in [-0.1, -0.05) is 24.3 Å². The van der Waals surface area contributed by atoms with Crippen LogP contribution < -0.4 is 0 Å². The molecule has 0 aliphatic carbocycles. The highest BCUT2D eigenvalue weighted by Crippen LogP contribution is 2.31. The van der Waals surface area contributed by atoms with Crippen LogP contribution >= 0.6 is 22.7 Å². The number of thiazole rings is 2. The molecular weight excluding hydrogens is 428 g/mol. The molecule has 0 N–H and O–H groups in total. The molecular formula is C15H8N4O4S4. The molecule has 0 aliphatic heterocycles. The van der Waals surface area contributed by atoms with E-state index in [1.165, 1.54) is 0 Å². The third kappa shape index (κ3) is 2.87. The number of sulfone groups is 2. The van der Waals surface area contributed by atoms with Gasteiger partial charge in [-0.3, -0.25) is 0 Å². The van der Waals surface area contributed by atoms with Gasteiger partial charge < -0.3 is 5.53 Å². The summed E-state index contributed by atoms with van der Waals surface area (Å²) in [6, 6.07) is 13.3. The summed E-state index contributed by atoms with van der Waals surface area (Å²) in [5, 5.41) is 0. The predicted octanol–water partition coefficient (Wildman–Crippen LogP) is 2.74. The van der Waals surface area contributed by atoms with Gasteiger partial charge in [0.2, 0.25) is 8.68 Å². The fourth-order valence-electron chi connectivity index (χ4n) is 2.33. The summed E-state index contributed by atoms with van der Waals surface area (Å²) in [6.45, 7) is 0. The molecule has 2 aromatic carbocycles. The Morgan fingerprint density at radius 1 is 0.778 bits per heavy atom. The number of para-hydroxylation sites is 2. The fraction of sp³-hybridized carbons (Fsp3) is 0. The molecule has 0 bridgehead atoms. The fourth-order valence-corrected chi connectivity index (χ4v) is 8.51. The SMILES string of the molecule is [N-]=[N+]=C(S(=O)(=O)c1nc2ccccc2s1)S(=O)(=O)c1nc2ccccc2s1. The molecule has 0 fully saturated rings. The number of rotatable bonds is 2. The molecule has 2 heterocycles. The van der Waals surface area contributed by atoms with E-state index in [9.17, 15) is 22.4 Å². The van der Waals surface area contributed by atoms with E-state index in [1.807, 2.05) is 0 Å². The van der Waals surface area contributed by atoms with Crippen molar-refractivity contribution in [1.29, 1.82) is 0 Å². The summed E-state index contributed by atoms with van der Waals surface area (Å²) in [5.74, 6) is 0. The van der Waals surface area contributed by atoms with Crippen molar-refractivity contribution in [2.75, 3.05) is 0 Å². The second-order valence-corrected chi connectivity index (χ2v) is 11.7. The topological polar surface area (TPSA) is 130 Å². The molecule has 0 unspecified atom stereocenters. The number of aromatic nitrogens is 2. The maximum absolute atomic E-state index is 12.8. The summed E-state index contributed by atoms with van der Waals surface area (Å²) in [4.78, 5) is 10.5. The number of hydrogen-bond donors (Lipinski definition) is 0. The predicted molar refractivity (Wildman–Crippen MR) is 102 cm³/mol. The minimum absolute atomic E-state index is 0.399. The Morgan fingerprint density at radius 3 is 1.56 bits per heavy atom. The number of hydrogen-bond acceptors (Lipinski definition) is 8. The van der Waals surface area contributed by atoms with Gasteiger partial charge >= 0.3 is 24.1 Å². The molecule has 0 saturated carbocycles. The standard InChI is InChI=1S/C15H8N4O4S4/c16-19-15(26(20,21)13-17-9-5-1-3-7-11(9)24-13)27(22,23)14-18-10-6-2-4-8-12(10)25-14/h1-8H. The average Bonchev–Trinajstić information content (AvgIpc) is 3.26. The number of benzene rings is 2. The van der Waals surface area contributed by atoms with E-state index < -0.39 is 32.7 Å². The molecule has 8 nitrogen and oxygen atoms in total. The van der Waals surface area contributed by atoms with Crippen LogP contribution in [0.3, 0.4) is 0 Å². The first kappa shape index (κ1) is 17.9. The van der Waals surface area contributed by atoms with Crippen LogP contribution in [0.15, 0.2) is 57.2 Å². The van der Waals surface area contributed by atoms with Crippen molar-refractivity contribution < 1.29 is 21.6 Å². The summed E-state index contributed by atoms with van der Waals surface area (Å²) in [6.07, 6.45) is 0. The second kappa shape index (κ2) is 6.29. The smallest absolute Gasteiger partial charge is 0.359 e. The lowest BCUT2D eigenvalue weighted by atomic mass is 10.3. The minimum atomic E-state index is -4.67. The van der Waals surface area contributed by atoms with Crippen molar-refractivity contribution in [2.45, 2.75) is 8.68 Å². The van der Waals surface area contributed by atoms with E-state index in [0.29, 0.717) is 20.4 Å². The number of nitrogens with zero attached hydrogens (tertiary/aromatic N) is 4.